The summed E-state index contributed by atoms with van der Waals surface area (Å²) < 4.78 is 4.87. The fourth-order valence-electron chi connectivity index (χ4n) is 3.33. The number of nitrogens with one attached hydrogen (secondary N) is 1. The van der Waals surface area contributed by atoms with Gasteiger partial charge in [0.25, 0.3) is 0 Å². The van der Waals surface area contributed by atoms with E-state index in [0.29, 0.717) is 6.54 Å². The summed E-state index contributed by atoms with van der Waals surface area (Å²) in [6, 6.07) is 4.16. The number of hydrogen-bond acceptors (Lipinski definition) is 5. The van der Waals surface area contributed by atoms with Gasteiger partial charge in [0.2, 0.25) is 0 Å². The number of hydrogen-bond donors (Lipinski definition) is 1. The van der Waals surface area contributed by atoms with E-state index in [9.17, 15) is 4.79 Å². The van der Waals surface area contributed by atoms with Crippen LogP contribution < -0.4 is 10.2 Å². The highest BCUT2D eigenvalue weighted by Crippen LogP contribution is 2.19. The number of likely N-dealkylation sites (tertiary alicyclic amines) is 1. The van der Waals surface area contributed by atoms with Gasteiger partial charge in [0.1, 0.15) is 5.82 Å². The third-order valence-corrected chi connectivity index (χ3v) is 4.97. The monoisotopic (exact) mass is 503 g/mol. The first-order chi connectivity index (χ1) is 13.1. The Morgan fingerprint density at radius 3 is 2.46 bits per heavy atom. The summed E-state index contributed by atoms with van der Waals surface area (Å²) in [6.45, 7) is 11.3. The molecule has 1 aliphatic heterocycles. The Bertz CT molecular complexity index is 612. The number of esters is 1. The molecule has 0 radical (unpaired) electrons. The highest BCUT2D eigenvalue weighted by molar-refractivity contribution is 14.0. The number of guanidine groups is 1. The van der Waals surface area contributed by atoms with Crippen molar-refractivity contribution in [2.45, 2.75) is 40.2 Å². The predicted molar refractivity (Wildman–Crippen MR) is 124 cm³/mol. The Hall–Kier alpha value is -1.58. The molecule has 1 aromatic heterocycles. The maximum Gasteiger partial charge on any atom is 0.308 e. The van der Waals surface area contributed by atoms with Crippen molar-refractivity contribution in [3.8, 4) is 0 Å². The molecule has 158 valence electrons. The zero-order chi connectivity index (χ0) is 19.6. The molecule has 1 N–H and O–H groups in total. The van der Waals surface area contributed by atoms with Crippen molar-refractivity contribution in [2.75, 3.05) is 44.7 Å². The van der Waals surface area contributed by atoms with Crippen molar-refractivity contribution in [1.29, 1.82) is 0 Å². The summed E-state index contributed by atoms with van der Waals surface area (Å²) in [6.07, 6.45) is 3.51. The van der Waals surface area contributed by atoms with Gasteiger partial charge < -0.3 is 19.9 Å². The van der Waals surface area contributed by atoms with Gasteiger partial charge in [0.05, 0.1) is 19.6 Å². The first-order valence-electron chi connectivity index (χ1n) is 9.93. The van der Waals surface area contributed by atoms with E-state index in [1.54, 1.807) is 0 Å². The van der Waals surface area contributed by atoms with Gasteiger partial charge in [-0.15, -0.1) is 24.0 Å². The van der Waals surface area contributed by atoms with E-state index < -0.39 is 0 Å². The van der Waals surface area contributed by atoms with Crippen LogP contribution in [0.2, 0.25) is 0 Å². The number of ether oxygens (including phenoxy) is 1. The molecule has 0 spiro atoms. The number of halogens is 1. The first-order valence-corrected chi connectivity index (χ1v) is 9.93. The quantitative estimate of drug-likeness (QED) is 0.267. The molecule has 0 aliphatic carbocycles. The number of piperidine rings is 1. The van der Waals surface area contributed by atoms with Crippen molar-refractivity contribution in [3.05, 3.63) is 23.9 Å². The van der Waals surface area contributed by atoms with Crippen LogP contribution in [0.1, 0.15) is 39.2 Å². The highest BCUT2D eigenvalue weighted by Gasteiger charge is 2.26. The lowest BCUT2D eigenvalue weighted by Crippen LogP contribution is -2.46. The number of nitrogens with zero attached hydrogens (tertiary/aromatic N) is 4. The average molecular weight is 503 g/mol. The molecule has 28 heavy (non-hydrogen) atoms. The first kappa shape index (κ1) is 24.5. The van der Waals surface area contributed by atoms with Gasteiger partial charge in [0.15, 0.2) is 5.96 Å². The molecule has 2 heterocycles. The Labute approximate surface area is 186 Å². The van der Waals surface area contributed by atoms with E-state index in [-0.39, 0.29) is 35.9 Å². The van der Waals surface area contributed by atoms with Gasteiger partial charge in [-0.2, -0.15) is 0 Å². The van der Waals surface area contributed by atoms with Crippen LogP contribution >= 0.6 is 24.0 Å². The molecule has 1 fully saturated rings. The summed E-state index contributed by atoms with van der Waals surface area (Å²) in [5, 5.41) is 3.36. The molecule has 0 atom stereocenters. The smallest absolute Gasteiger partial charge is 0.308 e. The lowest BCUT2D eigenvalue weighted by atomic mass is 9.97. The number of carbonyl (C=O) groups excluding carboxylic acids is 1. The SMILES string of the molecule is CCNC(=NCc1ccc(N(CC)CC)nc1)N1CCC(C(=O)OC)CC1.I. The minimum Gasteiger partial charge on any atom is -0.469 e. The fraction of sp³-hybridized carbons (Fsp3) is 0.650. The minimum absolute atomic E-state index is 0. The molecule has 0 amide bonds. The molecule has 8 heteroatoms. The highest BCUT2D eigenvalue weighted by atomic mass is 127. The third kappa shape index (κ3) is 6.79. The average Bonchev–Trinajstić information content (AvgIpc) is 2.72. The van der Waals surface area contributed by atoms with Gasteiger partial charge in [-0.3, -0.25) is 4.79 Å². The Kier molecular flexibility index (Phi) is 11.2. The molecule has 1 saturated heterocycles. The Morgan fingerprint density at radius 2 is 1.96 bits per heavy atom. The van der Waals surface area contributed by atoms with E-state index in [1.165, 1.54) is 7.11 Å². The lowest BCUT2D eigenvalue weighted by Gasteiger charge is -2.33. The molecular formula is C20H34IN5O2. The second kappa shape index (κ2) is 12.8. The fourth-order valence-corrected chi connectivity index (χ4v) is 3.33. The number of anilines is 1. The molecular weight excluding hydrogens is 469 g/mol. The molecule has 0 aromatic carbocycles. The largest absolute Gasteiger partial charge is 0.469 e. The van der Waals surface area contributed by atoms with Gasteiger partial charge >= 0.3 is 5.97 Å². The molecule has 0 saturated carbocycles. The minimum atomic E-state index is -0.101. The Balaban J connectivity index is 0.00000392. The number of rotatable bonds is 7. The van der Waals surface area contributed by atoms with Crippen molar-refractivity contribution >= 4 is 41.7 Å². The topological polar surface area (TPSA) is 70.1 Å². The van der Waals surface area contributed by atoms with E-state index in [1.807, 2.05) is 6.20 Å². The molecule has 7 nitrogen and oxygen atoms in total. The zero-order valence-electron chi connectivity index (χ0n) is 17.5. The van der Waals surface area contributed by atoms with E-state index in [4.69, 9.17) is 9.73 Å². The molecule has 1 aromatic rings. The van der Waals surface area contributed by atoms with Crippen LogP contribution in [0.5, 0.6) is 0 Å². The van der Waals surface area contributed by atoms with Crippen LogP contribution in [0.15, 0.2) is 23.3 Å². The van der Waals surface area contributed by atoms with Crippen LogP contribution in [0, 0.1) is 5.92 Å². The summed E-state index contributed by atoms with van der Waals surface area (Å²) in [5.74, 6) is 1.81. The van der Waals surface area contributed by atoms with Crippen molar-refractivity contribution in [2.24, 2.45) is 10.9 Å². The van der Waals surface area contributed by atoms with E-state index in [2.05, 4.69) is 53.0 Å². The molecule has 2 rings (SSSR count). The summed E-state index contributed by atoms with van der Waals surface area (Å²) in [5.41, 5.74) is 1.09. The summed E-state index contributed by atoms with van der Waals surface area (Å²) >= 11 is 0. The van der Waals surface area contributed by atoms with Crippen molar-refractivity contribution in [3.63, 3.8) is 0 Å². The van der Waals surface area contributed by atoms with Crippen LogP contribution in [-0.2, 0) is 16.1 Å². The van der Waals surface area contributed by atoms with Crippen LogP contribution in [0.3, 0.4) is 0 Å². The van der Waals surface area contributed by atoms with Crippen LogP contribution in [0.25, 0.3) is 0 Å². The lowest BCUT2D eigenvalue weighted by molar-refractivity contribution is -0.146. The molecule has 0 bridgehead atoms. The zero-order valence-corrected chi connectivity index (χ0v) is 19.8. The number of aromatic nitrogens is 1. The molecule has 1 aliphatic rings. The number of aliphatic imine (C=N–C) groups is 1. The second-order valence-electron chi connectivity index (χ2n) is 6.65. The summed E-state index contributed by atoms with van der Waals surface area (Å²) in [4.78, 5) is 25.5. The molecule has 0 unspecified atom stereocenters. The maximum absolute atomic E-state index is 11.7. The van der Waals surface area contributed by atoms with Gasteiger partial charge in [0, 0.05) is 38.9 Å². The number of carbonyl (C=O) groups is 1. The van der Waals surface area contributed by atoms with Crippen LogP contribution in [0.4, 0.5) is 5.82 Å². The predicted octanol–water partition coefficient (Wildman–Crippen LogP) is 2.90. The van der Waals surface area contributed by atoms with Gasteiger partial charge in [-0.05, 0) is 45.2 Å². The van der Waals surface area contributed by atoms with Crippen molar-refractivity contribution < 1.29 is 9.53 Å². The maximum atomic E-state index is 11.7. The van der Waals surface area contributed by atoms with Crippen LogP contribution in [-0.4, -0.2) is 61.6 Å². The van der Waals surface area contributed by atoms with Crippen molar-refractivity contribution in [1.82, 2.24) is 15.2 Å². The van der Waals surface area contributed by atoms with Gasteiger partial charge in [-0.25, -0.2) is 9.98 Å². The normalized spacial score (nSPS) is 15.0. The third-order valence-electron chi connectivity index (χ3n) is 4.97. The standard InChI is InChI=1S/C20H33N5O2.HI/c1-5-21-20(25-12-10-17(11-13-25)19(26)27-4)23-15-16-8-9-18(22-14-16)24(6-2)7-3;/h8-9,14,17H,5-7,10-13,15H2,1-4H3,(H,21,23);1H. The summed E-state index contributed by atoms with van der Waals surface area (Å²) in [7, 11) is 1.46. The van der Waals surface area contributed by atoms with E-state index in [0.717, 1.165) is 62.9 Å². The van der Waals surface area contributed by atoms with E-state index >= 15 is 0 Å². The van der Waals surface area contributed by atoms with Gasteiger partial charge in [-0.1, -0.05) is 6.07 Å². The Morgan fingerprint density at radius 1 is 1.29 bits per heavy atom. The number of methoxy groups -OCH3 is 1. The second-order valence-corrected chi connectivity index (χ2v) is 6.65. The number of pyridine rings is 1.